The molecule has 0 aliphatic rings. The third-order valence-electron chi connectivity index (χ3n) is 5.35. The molecule has 170 valence electrons. The highest BCUT2D eigenvalue weighted by Gasteiger charge is 2.17. The fourth-order valence-corrected chi connectivity index (χ4v) is 3.60. The number of rotatable bonds is 10. The molecule has 0 radical (unpaired) electrons. The molecule has 0 saturated heterocycles. The van der Waals surface area contributed by atoms with Crippen LogP contribution in [-0.4, -0.2) is 47.8 Å². The first-order valence-electron chi connectivity index (χ1n) is 11.3. The van der Waals surface area contributed by atoms with E-state index in [-0.39, 0.29) is 11.7 Å². The molecule has 0 fully saturated rings. The van der Waals surface area contributed by atoms with Crippen LogP contribution in [0.3, 0.4) is 0 Å². The fourth-order valence-electron chi connectivity index (χ4n) is 3.60. The summed E-state index contributed by atoms with van der Waals surface area (Å²) in [6.07, 6.45) is 3.51. The van der Waals surface area contributed by atoms with E-state index in [4.69, 9.17) is 0 Å². The van der Waals surface area contributed by atoms with Crippen molar-refractivity contribution in [2.75, 3.05) is 6.54 Å². The first-order valence-corrected chi connectivity index (χ1v) is 11.3. The van der Waals surface area contributed by atoms with Crippen molar-refractivity contribution in [1.82, 2.24) is 40.7 Å². The number of benzene rings is 2. The molecule has 1 amide bonds. The highest BCUT2D eigenvalue weighted by Crippen LogP contribution is 2.29. The van der Waals surface area contributed by atoms with Gasteiger partial charge in [0.25, 0.3) is 5.91 Å². The topological polar surface area (TPSA) is 114 Å². The van der Waals surface area contributed by atoms with Gasteiger partial charge in [-0.25, -0.2) is 9.67 Å². The lowest BCUT2D eigenvalue weighted by Crippen LogP contribution is -2.25. The van der Waals surface area contributed by atoms with Gasteiger partial charge >= 0.3 is 0 Å². The van der Waals surface area contributed by atoms with Gasteiger partial charge < -0.3 is 5.32 Å². The summed E-state index contributed by atoms with van der Waals surface area (Å²) in [5.41, 5.74) is 4.11. The molecule has 0 spiro atoms. The minimum atomic E-state index is -0.221. The van der Waals surface area contributed by atoms with Crippen molar-refractivity contribution in [1.29, 1.82) is 0 Å². The standard InChI is InChI=1S/C24H28N8O/c1-3-5-15-32-21(26-23(29-32)24(33)25-14-4-2)16-17-10-12-18(13-11-17)19-8-6-7-9-20(19)22-27-30-31-28-22/h6-13H,3-5,14-16H2,1-2H3,(H,25,33)(H,27,28,30,31). The Labute approximate surface area is 192 Å². The number of nitrogens with zero attached hydrogens (tertiary/aromatic N) is 6. The molecule has 0 aliphatic carbocycles. The number of aryl methyl sites for hydroxylation is 1. The summed E-state index contributed by atoms with van der Waals surface area (Å²) in [6.45, 7) is 5.51. The summed E-state index contributed by atoms with van der Waals surface area (Å²) in [7, 11) is 0. The summed E-state index contributed by atoms with van der Waals surface area (Å²) in [6, 6.07) is 16.3. The molecule has 0 unspecified atom stereocenters. The average molecular weight is 445 g/mol. The minimum Gasteiger partial charge on any atom is -0.349 e. The molecule has 0 saturated carbocycles. The average Bonchev–Trinajstić information content (AvgIpc) is 3.52. The predicted molar refractivity (Wildman–Crippen MR) is 125 cm³/mol. The zero-order valence-electron chi connectivity index (χ0n) is 19.0. The van der Waals surface area contributed by atoms with Gasteiger partial charge in [0.05, 0.1) is 0 Å². The van der Waals surface area contributed by atoms with Crippen molar-refractivity contribution < 1.29 is 4.79 Å². The Morgan fingerprint density at radius 1 is 1.03 bits per heavy atom. The highest BCUT2D eigenvalue weighted by atomic mass is 16.2. The molecule has 9 nitrogen and oxygen atoms in total. The van der Waals surface area contributed by atoms with Crippen LogP contribution in [0.4, 0.5) is 0 Å². The maximum atomic E-state index is 12.4. The minimum absolute atomic E-state index is 0.221. The second-order valence-electron chi connectivity index (χ2n) is 7.84. The fraction of sp³-hybridized carbons (Fsp3) is 0.333. The maximum Gasteiger partial charge on any atom is 0.290 e. The van der Waals surface area contributed by atoms with E-state index < -0.39 is 0 Å². The number of carbonyl (C=O) groups is 1. The van der Waals surface area contributed by atoms with Crippen molar-refractivity contribution in [3.05, 3.63) is 65.7 Å². The normalized spacial score (nSPS) is 11.0. The monoisotopic (exact) mass is 444 g/mol. The van der Waals surface area contributed by atoms with Crippen LogP contribution in [0.15, 0.2) is 48.5 Å². The van der Waals surface area contributed by atoms with Crippen molar-refractivity contribution >= 4 is 5.91 Å². The quantitative estimate of drug-likeness (QED) is 0.386. The number of tetrazole rings is 1. The number of hydrogen-bond donors (Lipinski definition) is 2. The number of H-pyrrole nitrogens is 1. The second-order valence-corrected chi connectivity index (χ2v) is 7.84. The van der Waals surface area contributed by atoms with E-state index in [1.165, 1.54) is 0 Å². The van der Waals surface area contributed by atoms with Crippen LogP contribution in [0.2, 0.25) is 0 Å². The summed E-state index contributed by atoms with van der Waals surface area (Å²) >= 11 is 0. The van der Waals surface area contributed by atoms with Gasteiger partial charge in [-0.05, 0) is 34.7 Å². The van der Waals surface area contributed by atoms with Crippen LogP contribution in [0, 0.1) is 0 Å². The number of unbranched alkanes of at least 4 members (excludes halogenated alkanes) is 1. The molecule has 2 N–H and O–H groups in total. The number of nitrogens with one attached hydrogen (secondary N) is 2. The van der Waals surface area contributed by atoms with Crippen molar-refractivity contribution in [2.45, 2.75) is 46.1 Å². The van der Waals surface area contributed by atoms with E-state index in [0.29, 0.717) is 18.8 Å². The molecule has 2 aromatic heterocycles. The van der Waals surface area contributed by atoms with Crippen LogP contribution in [0.5, 0.6) is 0 Å². The number of amides is 1. The summed E-state index contributed by atoms with van der Waals surface area (Å²) < 4.78 is 1.86. The lowest BCUT2D eigenvalue weighted by Gasteiger charge is -2.09. The Morgan fingerprint density at radius 3 is 2.52 bits per heavy atom. The zero-order chi connectivity index (χ0) is 23.0. The zero-order valence-corrected chi connectivity index (χ0v) is 19.0. The number of hydrogen-bond acceptors (Lipinski definition) is 6. The molecular weight excluding hydrogens is 416 g/mol. The van der Waals surface area contributed by atoms with Gasteiger partial charge in [0.2, 0.25) is 11.6 Å². The van der Waals surface area contributed by atoms with Gasteiger partial charge in [-0.1, -0.05) is 68.8 Å². The van der Waals surface area contributed by atoms with Crippen LogP contribution >= 0.6 is 0 Å². The van der Waals surface area contributed by atoms with Crippen LogP contribution < -0.4 is 5.32 Å². The smallest absolute Gasteiger partial charge is 0.290 e. The van der Waals surface area contributed by atoms with Gasteiger partial charge in [0, 0.05) is 25.1 Å². The summed E-state index contributed by atoms with van der Waals surface area (Å²) in [4.78, 5) is 16.9. The van der Waals surface area contributed by atoms with Crippen LogP contribution in [0.1, 0.15) is 55.1 Å². The van der Waals surface area contributed by atoms with E-state index in [0.717, 1.165) is 53.9 Å². The van der Waals surface area contributed by atoms with E-state index >= 15 is 0 Å². The molecule has 0 bridgehead atoms. The van der Waals surface area contributed by atoms with Crippen molar-refractivity contribution in [3.8, 4) is 22.5 Å². The third-order valence-corrected chi connectivity index (χ3v) is 5.35. The second kappa shape index (κ2) is 10.6. The largest absolute Gasteiger partial charge is 0.349 e. The van der Waals surface area contributed by atoms with Gasteiger partial charge in [-0.2, -0.15) is 5.21 Å². The Hall–Kier alpha value is -3.88. The lowest BCUT2D eigenvalue weighted by atomic mass is 9.98. The first-order chi connectivity index (χ1) is 16.2. The summed E-state index contributed by atoms with van der Waals surface area (Å²) in [5, 5.41) is 21.7. The molecule has 2 aromatic carbocycles. The third kappa shape index (κ3) is 5.31. The Balaban J connectivity index is 1.56. The molecule has 4 rings (SSSR count). The van der Waals surface area contributed by atoms with E-state index in [9.17, 15) is 4.79 Å². The predicted octanol–water partition coefficient (Wildman–Crippen LogP) is 3.66. The van der Waals surface area contributed by atoms with Crippen LogP contribution in [-0.2, 0) is 13.0 Å². The summed E-state index contributed by atoms with van der Waals surface area (Å²) in [5.74, 6) is 1.37. The molecule has 4 aromatic rings. The van der Waals surface area contributed by atoms with Crippen molar-refractivity contribution in [3.63, 3.8) is 0 Å². The molecule has 0 aliphatic heterocycles. The Bertz CT molecular complexity index is 1180. The van der Waals surface area contributed by atoms with Crippen molar-refractivity contribution in [2.24, 2.45) is 0 Å². The van der Waals surface area contributed by atoms with Gasteiger partial charge in [-0.3, -0.25) is 4.79 Å². The molecule has 0 atom stereocenters. The highest BCUT2D eigenvalue weighted by molar-refractivity contribution is 5.90. The van der Waals surface area contributed by atoms with E-state index in [1.54, 1.807) is 0 Å². The maximum absolute atomic E-state index is 12.4. The van der Waals surface area contributed by atoms with E-state index in [2.05, 4.69) is 67.2 Å². The van der Waals surface area contributed by atoms with Gasteiger partial charge in [-0.15, -0.1) is 15.3 Å². The first kappa shape index (κ1) is 22.3. The Kier molecular flexibility index (Phi) is 7.19. The number of aromatic nitrogens is 7. The molecule has 33 heavy (non-hydrogen) atoms. The van der Waals surface area contributed by atoms with Gasteiger partial charge in [0.15, 0.2) is 0 Å². The number of aromatic amines is 1. The lowest BCUT2D eigenvalue weighted by molar-refractivity contribution is 0.0943. The van der Waals surface area contributed by atoms with Crippen LogP contribution in [0.25, 0.3) is 22.5 Å². The molecular formula is C24H28N8O. The molecule has 2 heterocycles. The van der Waals surface area contributed by atoms with Gasteiger partial charge in [0.1, 0.15) is 5.82 Å². The number of carbonyl (C=O) groups excluding carboxylic acids is 1. The Morgan fingerprint density at radius 2 is 1.82 bits per heavy atom. The molecule has 9 heteroatoms. The SMILES string of the molecule is CCCCn1nc(C(=O)NCCC)nc1Cc1ccc(-c2ccccc2-c2nn[nH]n2)cc1. The van der Waals surface area contributed by atoms with E-state index in [1.807, 2.05) is 35.9 Å².